The molecule has 2 amide bonds. The van der Waals surface area contributed by atoms with Crippen LogP contribution in [0, 0.1) is 6.92 Å². The lowest BCUT2D eigenvalue weighted by atomic mass is 10.1. The Kier molecular flexibility index (Phi) is 6.74. The fraction of sp³-hybridized carbons (Fsp3) is 0.0345. The molecule has 0 spiro atoms. The van der Waals surface area contributed by atoms with Crippen molar-refractivity contribution in [2.24, 2.45) is 0 Å². The van der Waals surface area contributed by atoms with Gasteiger partial charge in [-0.1, -0.05) is 47.7 Å². The minimum absolute atomic E-state index is 0.0158. The Labute approximate surface area is 237 Å². The molecule has 10 heteroatoms. The number of hydrogen-bond acceptors (Lipinski definition) is 7. The lowest BCUT2D eigenvalue weighted by Gasteiger charge is -2.29. The van der Waals surface area contributed by atoms with Gasteiger partial charge in [-0.25, -0.2) is 4.98 Å². The third-order valence-electron chi connectivity index (χ3n) is 5.96. The van der Waals surface area contributed by atoms with Gasteiger partial charge in [0.2, 0.25) is 0 Å². The molecule has 0 unspecified atom stereocenters. The van der Waals surface area contributed by atoms with Gasteiger partial charge < -0.3 is 4.74 Å². The summed E-state index contributed by atoms with van der Waals surface area (Å²) in [6, 6.07) is 24.5. The van der Waals surface area contributed by atoms with Crippen molar-refractivity contribution in [2.45, 2.75) is 16.8 Å². The number of aryl methyl sites for hydroxylation is 1. The van der Waals surface area contributed by atoms with Crippen LogP contribution in [0.3, 0.4) is 0 Å². The number of ether oxygens (including phenoxy) is 1. The van der Waals surface area contributed by atoms with Crippen molar-refractivity contribution in [2.75, 3.05) is 4.90 Å². The van der Waals surface area contributed by atoms with Gasteiger partial charge in [-0.2, -0.15) is 0 Å². The molecular weight excluding hydrogens is 549 g/mol. The first-order valence-corrected chi connectivity index (χ1v) is 14.0. The Hall–Kier alpha value is -4.25. The average Bonchev–Trinajstić information content (AvgIpc) is 3.51. The maximum Gasteiger partial charge on any atom is 0.270 e. The predicted molar refractivity (Wildman–Crippen MR) is 158 cm³/mol. The van der Waals surface area contributed by atoms with E-state index in [0.29, 0.717) is 27.9 Å². The summed E-state index contributed by atoms with van der Waals surface area (Å²) in [4.78, 5) is 34.5. The van der Waals surface area contributed by atoms with E-state index >= 15 is 0 Å². The van der Waals surface area contributed by atoms with Crippen molar-refractivity contribution in [1.82, 2.24) is 14.7 Å². The van der Waals surface area contributed by atoms with Crippen molar-refractivity contribution in [3.05, 3.63) is 107 Å². The highest BCUT2D eigenvalue weighted by Crippen LogP contribution is 2.34. The number of amides is 2. The Morgan fingerprint density at radius 3 is 2.44 bits per heavy atom. The molecule has 1 aliphatic heterocycles. The maximum atomic E-state index is 13.7. The molecule has 0 atom stereocenters. The number of nitrogens with one attached hydrogen (secondary N) is 1. The SMILES string of the molecule is Cc1ccc(Sc2nc3sccn3c2C=C2C(=O)NC(=S)N(c3ccc(Oc4ccccc4)cc3)C2=O)cc1. The molecule has 1 saturated heterocycles. The van der Waals surface area contributed by atoms with Crippen LogP contribution in [0.25, 0.3) is 11.0 Å². The standard InChI is InChI=1S/C29H20N4O3S3/c1-18-7-13-22(14-8-18)39-26-24(32-15-16-38-29(32)31-26)17-23-25(34)30-28(37)33(27(23)35)19-9-11-21(12-10-19)36-20-5-3-2-4-6-20/h2-17H,1H3,(H,30,34,37). The molecule has 1 N–H and O–H groups in total. The second-order valence-electron chi connectivity index (χ2n) is 8.64. The number of hydrogen-bond donors (Lipinski definition) is 1. The Bertz CT molecular complexity index is 1740. The van der Waals surface area contributed by atoms with Crippen molar-refractivity contribution in [3.8, 4) is 11.5 Å². The van der Waals surface area contributed by atoms with Crippen LogP contribution in [-0.2, 0) is 9.59 Å². The van der Waals surface area contributed by atoms with Crippen molar-refractivity contribution in [3.63, 3.8) is 0 Å². The number of carbonyl (C=O) groups excluding carboxylic acids is 2. The van der Waals surface area contributed by atoms with E-state index in [-0.39, 0.29) is 10.7 Å². The molecule has 192 valence electrons. The highest BCUT2D eigenvalue weighted by atomic mass is 32.2. The number of benzene rings is 3. The van der Waals surface area contributed by atoms with Gasteiger partial charge in [-0.05, 0) is 73.7 Å². The molecular formula is C29H20N4O3S3. The fourth-order valence-corrected chi connectivity index (χ4v) is 5.97. The molecule has 3 heterocycles. The van der Waals surface area contributed by atoms with E-state index in [0.717, 1.165) is 15.4 Å². The first-order chi connectivity index (χ1) is 19.0. The summed E-state index contributed by atoms with van der Waals surface area (Å²) >= 11 is 8.34. The van der Waals surface area contributed by atoms with Crippen LogP contribution in [-0.4, -0.2) is 26.3 Å². The molecule has 1 aliphatic rings. The van der Waals surface area contributed by atoms with Crippen molar-refractivity contribution in [1.29, 1.82) is 0 Å². The highest BCUT2D eigenvalue weighted by Gasteiger charge is 2.35. The lowest BCUT2D eigenvalue weighted by Crippen LogP contribution is -2.54. The fourth-order valence-electron chi connectivity index (χ4n) is 4.02. The second-order valence-corrected chi connectivity index (χ2v) is 11.0. The minimum Gasteiger partial charge on any atom is -0.457 e. The summed E-state index contributed by atoms with van der Waals surface area (Å²) < 4.78 is 7.73. The average molecular weight is 569 g/mol. The summed E-state index contributed by atoms with van der Waals surface area (Å²) in [7, 11) is 0. The summed E-state index contributed by atoms with van der Waals surface area (Å²) in [5, 5.41) is 5.28. The summed E-state index contributed by atoms with van der Waals surface area (Å²) in [5.41, 5.74) is 2.29. The number of thiocarbonyl (C=S) groups is 1. The van der Waals surface area contributed by atoms with E-state index in [4.69, 9.17) is 21.9 Å². The van der Waals surface area contributed by atoms with Gasteiger partial charge in [0.25, 0.3) is 11.8 Å². The van der Waals surface area contributed by atoms with Gasteiger partial charge in [0.05, 0.1) is 11.4 Å². The third kappa shape index (κ3) is 5.09. The van der Waals surface area contributed by atoms with Crippen LogP contribution in [0.4, 0.5) is 5.69 Å². The molecule has 2 aromatic heterocycles. The van der Waals surface area contributed by atoms with Crippen LogP contribution < -0.4 is 15.0 Å². The van der Waals surface area contributed by atoms with Crippen LogP contribution >= 0.6 is 35.3 Å². The van der Waals surface area contributed by atoms with Gasteiger partial charge >= 0.3 is 0 Å². The number of carbonyl (C=O) groups is 2. The quantitative estimate of drug-likeness (QED) is 0.144. The molecule has 7 nitrogen and oxygen atoms in total. The van der Waals surface area contributed by atoms with Crippen LogP contribution in [0.5, 0.6) is 11.5 Å². The number of rotatable bonds is 6. The molecule has 0 bridgehead atoms. The molecule has 1 fully saturated rings. The van der Waals surface area contributed by atoms with E-state index in [9.17, 15) is 9.59 Å². The van der Waals surface area contributed by atoms with E-state index < -0.39 is 11.8 Å². The summed E-state index contributed by atoms with van der Waals surface area (Å²) in [6.45, 7) is 2.03. The molecule has 39 heavy (non-hydrogen) atoms. The number of thiazole rings is 1. The first-order valence-electron chi connectivity index (χ1n) is 11.9. The zero-order chi connectivity index (χ0) is 26.9. The Morgan fingerprint density at radius 1 is 0.974 bits per heavy atom. The number of fused-ring (bicyclic) bond motifs is 1. The van der Waals surface area contributed by atoms with Crippen molar-refractivity contribution >= 4 is 69.0 Å². The van der Waals surface area contributed by atoms with Crippen LogP contribution in [0.2, 0.25) is 0 Å². The topological polar surface area (TPSA) is 75.9 Å². The summed E-state index contributed by atoms with van der Waals surface area (Å²) in [5.74, 6) is 0.239. The Morgan fingerprint density at radius 2 is 1.69 bits per heavy atom. The normalized spacial score (nSPS) is 14.7. The largest absolute Gasteiger partial charge is 0.457 e. The molecule has 0 saturated carbocycles. The van der Waals surface area contributed by atoms with Gasteiger partial charge in [0.1, 0.15) is 22.1 Å². The molecule has 5 aromatic rings. The maximum absolute atomic E-state index is 13.7. The van der Waals surface area contributed by atoms with Gasteiger partial charge in [0.15, 0.2) is 10.1 Å². The number of nitrogens with zero attached hydrogens (tertiary/aromatic N) is 3. The second kappa shape index (κ2) is 10.5. The number of aromatic nitrogens is 2. The molecule has 0 radical (unpaired) electrons. The number of imidazole rings is 1. The lowest BCUT2D eigenvalue weighted by molar-refractivity contribution is -0.122. The Balaban J connectivity index is 1.32. The smallest absolute Gasteiger partial charge is 0.270 e. The van der Waals surface area contributed by atoms with Gasteiger partial charge in [-0.15, -0.1) is 11.3 Å². The number of para-hydroxylation sites is 1. The van der Waals surface area contributed by atoms with Crippen molar-refractivity contribution < 1.29 is 14.3 Å². The van der Waals surface area contributed by atoms with Crippen LogP contribution in [0.1, 0.15) is 11.3 Å². The van der Waals surface area contributed by atoms with E-state index in [1.807, 2.05) is 77.5 Å². The third-order valence-corrected chi connectivity index (χ3v) is 8.00. The number of anilines is 1. The predicted octanol–water partition coefficient (Wildman–Crippen LogP) is 6.48. The molecule has 0 aliphatic carbocycles. The van der Waals surface area contributed by atoms with Gasteiger partial charge in [0, 0.05) is 16.5 Å². The summed E-state index contributed by atoms with van der Waals surface area (Å²) in [6.07, 6.45) is 3.46. The van der Waals surface area contributed by atoms with E-state index in [1.165, 1.54) is 28.0 Å². The highest BCUT2D eigenvalue weighted by molar-refractivity contribution is 7.99. The zero-order valence-electron chi connectivity index (χ0n) is 20.5. The van der Waals surface area contributed by atoms with E-state index in [1.54, 1.807) is 30.3 Å². The zero-order valence-corrected chi connectivity index (χ0v) is 23.0. The minimum atomic E-state index is -0.554. The molecule has 6 rings (SSSR count). The first kappa shape index (κ1) is 25.1. The van der Waals surface area contributed by atoms with Gasteiger partial charge in [-0.3, -0.25) is 24.2 Å². The monoisotopic (exact) mass is 568 g/mol. The van der Waals surface area contributed by atoms with Crippen LogP contribution in [0.15, 0.2) is 106 Å². The van der Waals surface area contributed by atoms with E-state index in [2.05, 4.69) is 5.32 Å². The molecule has 3 aromatic carbocycles.